The van der Waals surface area contributed by atoms with Crippen molar-refractivity contribution in [3.63, 3.8) is 0 Å². The fourth-order valence-electron chi connectivity index (χ4n) is 2.77. The van der Waals surface area contributed by atoms with Crippen molar-refractivity contribution in [1.29, 1.82) is 0 Å². The van der Waals surface area contributed by atoms with Crippen LogP contribution in [0.1, 0.15) is 13.8 Å². The largest absolute Gasteiger partial charge is 0.353 e. The molecule has 2 fully saturated rings. The number of carbonyl (C=O) groups excluding carboxylic acids is 2. The highest BCUT2D eigenvalue weighted by Gasteiger charge is 2.20. The van der Waals surface area contributed by atoms with Crippen LogP contribution in [0.4, 0.5) is 14.6 Å². The molecule has 2 aliphatic rings. The molecule has 0 bridgehead atoms. The molecule has 2 aliphatic heterocycles. The van der Waals surface area contributed by atoms with Gasteiger partial charge >= 0.3 is 6.08 Å². The van der Waals surface area contributed by atoms with Gasteiger partial charge in [0.05, 0.1) is 0 Å². The Kier molecular flexibility index (Phi) is 7.19. The SMILES string of the molecule is CC(=O)N1CCN(c2cc(F)nc(F)n2)CC1.CC(=O)N1CCNCC1. The van der Waals surface area contributed by atoms with Crippen molar-refractivity contribution in [3.8, 4) is 0 Å². The van der Waals surface area contributed by atoms with Gasteiger partial charge in [-0.3, -0.25) is 9.59 Å². The molecule has 144 valence electrons. The van der Waals surface area contributed by atoms with Crippen LogP contribution < -0.4 is 10.2 Å². The minimum Gasteiger partial charge on any atom is -0.353 e. The number of rotatable bonds is 1. The quantitative estimate of drug-likeness (QED) is 0.548. The first-order chi connectivity index (χ1) is 12.4. The van der Waals surface area contributed by atoms with Crippen LogP contribution in [0.3, 0.4) is 0 Å². The van der Waals surface area contributed by atoms with E-state index in [-0.39, 0.29) is 17.6 Å². The summed E-state index contributed by atoms with van der Waals surface area (Å²) in [5.74, 6) is -0.471. The van der Waals surface area contributed by atoms with Crippen LogP contribution >= 0.6 is 0 Å². The average molecular weight is 370 g/mol. The Morgan fingerprint density at radius 2 is 1.46 bits per heavy atom. The zero-order valence-electron chi connectivity index (χ0n) is 15.0. The first-order valence-electron chi connectivity index (χ1n) is 8.53. The number of hydrogen-bond donors (Lipinski definition) is 1. The lowest BCUT2D eigenvalue weighted by molar-refractivity contribution is -0.130. The van der Waals surface area contributed by atoms with Crippen LogP contribution in [0.5, 0.6) is 0 Å². The summed E-state index contributed by atoms with van der Waals surface area (Å²) in [5, 5.41) is 3.18. The monoisotopic (exact) mass is 370 g/mol. The number of anilines is 1. The van der Waals surface area contributed by atoms with Gasteiger partial charge in [-0.05, 0) is 0 Å². The Morgan fingerprint density at radius 1 is 0.923 bits per heavy atom. The second kappa shape index (κ2) is 9.37. The van der Waals surface area contributed by atoms with E-state index in [9.17, 15) is 18.4 Å². The van der Waals surface area contributed by atoms with Crippen molar-refractivity contribution < 1.29 is 18.4 Å². The molecule has 0 spiro atoms. The summed E-state index contributed by atoms with van der Waals surface area (Å²) in [6, 6.07) is 1.09. The van der Waals surface area contributed by atoms with Gasteiger partial charge in [0.2, 0.25) is 17.8 Å². The van der Waals surface area contributed by atoms with Crippen molar-refractivity contribution in [2.24, 2.45) is 0 Å². The van der Waals surface area contributed by atoms with Gasteiger partial charge in [-0.1, -0.05) is 0 Å². The molecule has 0 radical (unpaired) electrons. The highest BCUT2D eigenvalue weighted by atomic mass is 19.1. The third-order valence-electron chi connectivity index (χ3n) is 4.27. The summed E-state index contributed by atoms with van der Waals surface area (Å²) in [5.41, 5.74) is 0. The molecule has 2 saturated heterocycles. The lowest BCUT2D eigenvalue weighted by Crippen LogP contribution is -2.48. The number of carbonyl (C=O) groups is 2. The Morgan fingerprint density at radius 3 is 1.92 bits per heavy atom. The molecule has 0 unspecified atom stereocenters. The standard InChI is InChI=1S/C10H12F2N4O.C6H12N2O/c1-7(17)15-2-4-16(5-3-15)9-6-8(11)13-10(12)14-9;1-6(9)8-4-2-7-3-5-8/h6H,2-5H2,1H3;7H,2-5H2,1H3. The molecule has 0 aliphatic carbocycles. The Balaban J connectivity index is 0.000000228. The van der Waals surface area contributed by atoms with Crippen LogP contribution in [0.15, 0.2) is 6.07 Å². The molecule has 8 nitrogen and oxygen atoms in total. The van der Waals surface area contributed by atoms with Crippen molar-refractivity contribution in [3.05, 3.63) is 18.1 Å². The Labute approximate surface area is 151 Å². The molecule has 0 aromatic carbocycles. The van der Waals surface area contributed by atoms with Gasteiger partial charge < -0.3 is 20.0 Å². The predicted molar refractivity (Wildman–Crippen MR) is 91.5 cm³/mol. The van der Waals surface area contributed by atoms with Gasteiger partial charge in [0.25, 0.3) is 0 Å². The highest BCUT2D eigenvalue weighted by Crippen LogP contribution is 2.14. The van der Waals surface area contributed by atoms with Crippen molar-refractivity contribution in [2.45, 2.75) is 13.8 Å². The molecular formula is C16H24F2N6O2. The number of nitrogens with zero attached hydrogens (tertiary/aromatic N) is 5. The van der Waals surface area contributed by atoms with E-state index in [1.54, 1.807) is 16.7 Å². The van der Waals surface area contributed by atoms with Crippen LogP contribution in [0.25, 0.3) is 0 Å². The number of hydrogen-bond acceptors (Lipinski definition) is 6. The minimum absolute atomic E-state index is 0.00435. The van der Waals surface area contributed by atoms with Gasteiger partial charge in [-0.25, -0.2) is 0 Å². The maximum atomic E-state index is 12.9. The van der Waals surface area contributed by atoms with E-state index in [0.29, 0.717) is 26.2 Å². The van der Waals surface area contributed by atoms with Gasteiger partial charge in [-0.2, -0.15) is 18.7 Å². The third kappa shape index (κ3) is 5.87. The van der Waals surface area contributed by atoms with Crippen molar-refractivity contribution >= 4 is 17.6 Å². The Hall–Kier alpha value is -2.36. The molecule has 1 N–H and O–H groups in total. The molecule has 3 rings (SSSR count). The average Bonchev–Trinajstić information content (AvgIpc) is 2.62. The van der Waals surface area contributed by atoms with Crippen molar-refractivity contribution in [2.75, 3.05) is 57.3 Å². The summed E-state index contributed by atoms with van der Waals surface area (Å²) in [7, 11) is 0. The topological polar surface area (TPSA) is 81.7 Å². The molecule has 0 saturated carbocycles. The predicted octanol–water partition coefficient (Wildman–Crippen LogP) is -0.139. The first-order valence-corrected chi connectivity index (χ1v) is 8.53. The number of piperazine rings is 2. The summed E-state index contributed by atoms with van der Waals surface area (Å²) in [6.07, 6.45) is -1.08. The van der Waals surface area contributed by atoms with E-state index >= 15 is 0 Å². The van der Waals surface area contributed by atoms with Crippen LogP contribution in [0, 0.1) is 12.0 Å². The molecule has 26 heavy (non-hydrogen) atoms. The number of amides is 2. The van der Waals surface area contributed by atoms with E-state index in [1.165, 1.54) is 6.92 Å². The van der Waals surface area contributed by atoms with Crippen LogP contribution in [-0.2, 0) is 9.59 Å². The van der Waals surface area contributed by atoms with E-state index in [1.807, 2.05) is 4.90 Å². The van der Waals surface area contributed by atoms with E-state index < -0.39 is 12.0 Å². The Bertz CT molecular complexity index is 611. The minimum atomic E-state index is -1.08. The van der Waals surface area contributed by atoms with E-state index in [0.717, 1.165) is 32.2 Å². The molecule has 3 heterocycles. The summed E-state index contributed by atoms with van der Waals surface area (Å²) < 4.78 is 25.7. The maximum Gasteiger partial charge on any atom is 0.313 e. The van der Waals surface area contributed by atoms with Gasteiger partial charge in [0, 0.05) is 72.3 Å². The first kappa shape index (κ1) is 20.0. The fourth-order valence-corrected chi connectivity index (χ4v) is 2.77. The zero-order valence-corrected chi connectivity index (χ0v) is 15.0. The molecule has 10 heteroatoms. The zero-order chi connectivity index (χ0) is 19.1. The third-order valence-corrected chi connectivity index (χ3v) is 4.27. The number of aromatic nitrogens is 2. The molecule has 1 aromatic rings. The lowest BCUT2D eigenvalue weighted by atomic mass is 10.3. The summed E-state index contributed by atoms with van der Waals surface area (Å²) in [4.78, 5) is 33.5. The normalized spacial score (nSPS) is 17.5. The highest BCUT2D eigenvalue weighted by molar-refractivity contribution is 5.73. The maximum absolute atomic E-state index is 12.9. The van der Waals surface area contributed by atoms with Crippen LogP contribution in [-0.4, -0.2) is 83.9 Å². The molecule has 1 aromatic heterocycles. The number of nitrogens with one attached hydrogen (secondary N) is 1. The fraction of sp³-hybridized carbons (Fsp3) is 0.625. The smallest absolute Gasteiger partial charge is 0.313 e. The number of halogens is 2. The van der Waals surface area contributed by atoms with Crippen LogP contribution in [0.2, 0.25) is 0 Å². The van der Waals surface area contributed by atoms with Gasteiger partial charge in [-0.15, -0.1) is 0 Å². The molecular weight excluding hydrogens is 346 g/mol. The second-order valence-corrected chi connectivity index (χ2v) is 6.07. The molecule has 2 amide bonds. The van der Waals surface area contributed by atoms with Gasteiger partial charge in [0.15, 0.2) is 0 Å². The lowest BCUT2D eigenvalue weighted by Gasteiger charge is -2.34. The van der Waals surface area contributed by atoms with Crippen molar-refractivity contribution in [1.82, 2.24) is 25.1 Å². The molecule has 0 atom stereocenters. The second-order valence-electron chi connectivity index (χ2n) is 6.07. The van der Waals surface area contributed by atoms with E-state index in [4.69, 9.17) is 0 Å². The van der Waals surface area contributed by atoms with E-state index in [2.05, 4.69) is 15.3 Å². The van der Waals surface area contributed by atoms with Gasteiger partial charge in [0.1, 0.15) is 5.82 Å². The summed E-state index contributed by atoms with van der Waals surface area (Å²) in [6.45, 7) is 8.82. The summed E-state index contributed by atoms with van der Waals surface area (Å²) >= 11 is 0.